The highest BCUT2D eigenvalue weighted by molar-refractivity contribution is 6.02. The van der Waals surface area contributed by atoms with Crippen LogP contribution in [0.15, 0.2) is 24.3 Å². The van der Waals surface area contributed by atoms with Gasteiger partial charge in [-0.25, -0.2) is 0 Å². The number of nitrogens with zero attached hydrogens (tertiary/aromatic N) is 1. The van der Waals surface area contributed by atoms with E-state index in [-0.39, 0.29) is 29.1 Å². The van der Waals surface area contributed by atoms with E-state index in [9.17, 15) is 9.59 Å². The number of hydrogen-bond acceptors (Lipinski definition) is 4. The Morgan fingerprint density at radius 3 is 2.70 bits per heavy atom. The van der Waals surface area contributed by atoms with Gasteiger partial charge in [-0.2, -0.15) is 0 Å². The topological polar surface area (TPSA) is 73.5 Å². The third kappa shape index (κ3) is 2.72. The second-order valence-corrected chi connectivity index (χ2v) is 10.7. The van der Waals surface area contributed by atoms with Crippen molar-refractivity contribution in [2.24, 2.45) is 23.2 Å². The number of carbonyl (C=O) groups excluding carboxylic acids is 2. The summed E-state index contributed by atoms with van der Waals surface area (Å²) in [6, 6.07) is 8.07. The molecule has 8 rings (SSSR count). The van der Waals surface area contributed by atoms with E-state index in [1.807, 2.05) is 24.3 Å². The zero-order valence-corrected chi connectivity index (χ0v) is 17.7. The van der Waals surface area contributed by atoms with Crippen molar-refractivity contribution in [1.82, 2.24) is 15.5 Å². The highest BCUT2D eigenvalue weighted by Crippen LogP contribution is 2.58. The van der Waals surface area contributed by atoms with Crippen LogP contribution in [-0.4, -0.2) is 48.1 Å². The predicted molar refractivity (Wildman–Crippen MR) is 115 cm³/mol. The van der Waals surface area contributed by atoms with Gasteiger partial charge < -0.3 is 20.9 Å². The maximum absolute atomic E-state index is 13.4. The van der Waals surface area contributed by atoms with Crippen LogP contribution in [0.1, 0.15) is 55.8 Å². The molecule has 160 valence electrons. The Morgan fingerprint density at radius 1 is 1.17 bits per heavy atom. The first-order valence-electron chi connectivity index (χ1n) is 11.7. The van der Waals surface area contributed by atoms with Crippen molar-refractivity contribution < 1.29 is 9.59 Å². The molecule has 0 radical (unpaired) electrons. The molecule has 2 amide bonds. The molecule has 6 heteroatoms. The standard InChI is InChI=1S/C24H32N4O2/c1-23-9-6-16(24(14-23)26-19-5-3-2-4-17(19)21(29)27-24)12-18(23)22(30)25-20-13-28-10-7-15(20)8-11-28/h2-5,15-16,18,20,26H,6-14H2,1H3,(H,25,30)(H,27,29)/t16?,18?,20?,23?,24-/m0/s1. The van der Waals surface area contributed by atoms with Crippen molar-refractivity contribution in [2.45, 2.75) is 57.2 Å². The van der Waals surface area contributed by atoms with Crippen LogP contribution in [0.25, 0.3) is 0 Å². The molecule has 4 unspecified atom stereocenters. The first-order chi connectivity index (χ1) is 14.5. The molecule has 1 aromatic rings. The molecule has 1 aromatic carbocycles. The lowest BCUT2D eigenvalue weighted by Gasteiger charge is -2.61. The summed E-state index contributed by atoms with van der Waals surface area (Å²) in [7, 11) is 0. The van der Waals surface area contributed by atoms with Crippen LogP contribution in [-0.2, 0) is 4.79 Å². The average Bonchev–Trinajstić information content (AvgIpc) is 2.74. The molecule has 4 aliphatic heterocycles. The molecule has 7 aliphatic rings. The van der Waals surface area contributed by atoms with Crippen molar-refractivity contribution in [2.75, 3.05) is 25.0 Å². The first-order valence-corrected chi connectivity index (χ1v) is 11.7. The fraction of sp³-hybridized carbons (Fsp3) is 0.667. The van der Waals surface area contributed by atoms with Crippen LogP contribution in [0.2, 0.25) is 0 Å². The third-order valence-corrected chi connectivity index (χ3v) is 8.97. The number of piperidine rings is 3. The van der Waals surface area contributed by atoms with E-state index in [1.54, 1.807) is 0 Å². The number of benzene rings is 1. The minimum absolute atomic E-state index is 0.00813. The minimum Gasteiger partial charge on any atom is -0.362 e. The molecule has 3 N–H and O–H groups in total. The lowest BCUT2D eigenvalue weighted by molar-refractivity contribution is -0.141. The van der Waals surface area contributed by atoms with Gasteiger partial charge in [-0.3, -0.25) is 9.59 Å². The number of carbonyl (C=O) groups is 2. The summed E-state index contributed by atoms with van der Waals surface area (Å²) < 4.78 is 0. The summed E-state index contributed by atoms with van der Waals surface area (Å²) in [6.07, 6.45) is 6.19. The largest absolute Gasteiger partial charge is 0.362 e. The zero-order valence-electron chi connectivity index (χ0n) is 17.7. The maximum atomic E-state index is 13.4. The lowest BCUT2D eigenvalue weighted by atomic mass is 9.51. The van der Waals surface area contributed by atoms with Gasteiger partial charge in [0.2, 0.25) is 5.91 Å². The molecule has 3 saturated heterocycles. The zero-order chi connectivity index (χ0) is 20.5. The number of nitrogens with one attached hydrogen (secondary N) is 3. The molecule has 30 heavy (non-hydrogen) atoms. The Labute approximate surface area is 178 Å². The van der Waals surface area contributed by atoms with Crippen LogP contribution >= 0.6 is 0 Å². The monoisotopic (exact) mass is 408 g/mol. The van der Waals surface area contributed by atoms with E-state index in [1.165, 1.54) is 25.9 Å². The van der Waals surface area contributed by atoms with Gasteiger partial charge in [0.05, 0.1) is 5.56 Å². The molecule has 4 heterocycles. The summed E-state index contributed by atoms with van der Waals surface area (Å²) in [6.45, 7) is 5.66. The molecule has 1 spiro atoms. The fourth-order valence-electron chi connectivity index (χ4n) is 7.27. The van der Waals surface area contributed by atoms with Crippen LogP contribution in [0.5, 0.6) is 0 Å². The second kappa shape index (κ2) is 6.46. The predicted octanol–water partition coefficient (Wildman–Crippen LogP) is 2.57. The van der Waals surface area contributed by atoms with Crippen LogP contribution < -0.4 is 16.0 Å². The van der Waals surface area contributed by atoms with Gasteiger partial charge >= 0.3 is 0 Å². The summed E-state index contributed by atoms with van der Waals surface area (Å²) in [5.74, 6) is 1.22. The third-order valence-electron chi connectivity index (χ3n) is 8.97. The molecule has 3 aliphatic carbocycles. The van der Waals surface area contributed by atoms with Gasteiger partial charge in [0, 0.05) is 30.1 Å². The second-order valence-electron chi connectivity index (χ2n) is 10.7. The molecule has 6 nitrogen and oxygen atoms in total. The van der Waals surface area contributed by atoms with Crippen molar-refractivity contribution in [1.29, 1.82) is 0 Å². The normalized spacial score (nSPS) is 43.6. The Hall–Kier alpha value is -2.08. The van der Waals surface area contributed by atoms with Crippen molar-refractivity contribution in [3.63, 3.8) is 0 Å². The van der Waals surface area contributed by atoms with Gasteiger partial charge in [-0.05, 0) is 75.1 Å². The maximum Gasteiger partial charge on any atom is 0.255 e. The molecule has 0 aromatic heterocycles. The number of amides is 2. The van der Waals surface area contributed by atoms with Crippen molar-refractivity contribution in [3.8, 4) is 0 Å². The van der Waals surface area contributed by atoms with E-state index >= 15 is 0 Å². The number of para-hydroxylation sites is 1. The van der Waals surface area contributed by atoms with Crippen molar-refractivity contribution >= 4 is 17.5 Å². The summed E-state index contributed by atoms with van der Waals surface area (Å²) >= 11 is 0. The van der Waals surface area contributed by atoms with Gasteiger partial charge in [-0.1, -0.05) is 19.1 Å². The van der Waals surface area contributed by atoms with E-state index < -0.39 is 5.66 Å². The highest BCUT2D eigenvalue weighted by atomic mass is 16.2. The van der Waals surface area contributed by atoms with E-state index in [4.69, 9.17) is 0 Å². The molecule has 3 saturated carbocycles. The van der Waals surface area contributed by atoms with Gasteiger partial charge in [0.1, 0.15) is 5.66 Å². The number of fused-ring (bicyclic) bond motifs is 6. The van der Waals surface area contributed by atoms with Gasteiger partial charge in [0.25, 0.3) is 5.91 Å². The Bertz CT molecular complexity index is 895. The molecular weight excluding hydrogens is 376 g/mol. The summed E-state index contributed by atoms with van der Waals surface area (Å²) in [4.78, 5) is 28.8. The van der Waals surface area contributed by atoms with E-state index in [0.717, 1.165) is 37.9 Å². The van der Waals surface area contributed by atoms with E-state index in [2.05, 4.69) is 27.8 Å². The Balaban J connectivity index is 1.22. The molecule has 4 bridgehead atoms. The van der Waals surface area contributed by atoms with Crippen LogP contribution in [0.3, 0.4) is 0 Å². The fourth-order valence-corrected chi connectivity index (χ4v) is 7.27. The molecule has 5 atom stereocenters. The van der Waals surface area contributed by atoms with Crippen molar-refractivity contribution in [3.05, 3.63) is 29.8 Å². The van der Waals surface area contributed by atoms with Gasteiger partial charge in [0.15, 0.2) is 0 Å². The number of anilines is 1. The number of hydrogen-bond donors (Lipinski definition) is 3. The quantitative estimate of drug-likeness (QED) is 0.703. The lowest BCUT2D eigenvalue weighted by Crippen LogP contribution is -2.70. The van der Waals surface area contributed by atoms with Gasteiger partial charge in [-0.15, -0.1) is 0 Å². The summed E-state index contributed by atoms with van der Waals surface area (Å²) in [5, 5.41) is 10.5. The smallest absolute Gasteiger partial charge is 0.255 e. The molecular formula is C24H32N4O2. The number of rotatable bonds is 2. The minimum atomic E-state index is -0.426. The Kier molecular flexibility index (Phi) is 4.02. The van der Waals surface area contributed by atoms with E-state index in [0.29, 0.717) is 17.5 Å². The van der Waals surface area contributed by atoms with Crippen LogP contribution in [0.4, 0.5) is 5.69 Å². The Morgan fingerprint density at radius 2 is 1.97 bits per heavy atom. The summed E-state index contributed by atoms with van der Waals surface area (Å²) in [5.41, 5.74) is 1.11. The highest BCUT2D eigenvalue weighted by Gasteiger charge is 2.60. The molecule has 6 fully saturated rings. The SMILES string of the molecule is CC12CCC(CC1C(=O)NC1CN3CCC1CC3)[C@]1(C2)NC(=O)c2ccccc2N1. The average molecular weight is 409 g/mol. The first kappa shape index (κ1) is 18.7. The van der Waals surface area contributed by atoms with Crippen LogP contribution in [0, 0.1) is 23.2 Å².